The lowest BCUT2D eigenvalue weighted by molar-refractivity contribution is -0.121. The molecule has 0 bridgehead atoms. The van der Waals surface area contributed by atoms with Crippen LogP contribution in [0.25, 0.3) is 0 Å². The van der Waals surface area contributed by atoms with Crippen LogP contribution >= 0.6 is 22.6 Å². The lowest BCUT2D eigenvalue weighted by Crippen LogP contribution is -2.40. The highest BCUT2D eigenvalue weighted by Crippen LogP contribution is 2.22. The summed E-state index contributed by atoms with van der Waals surface area (Å²) in [5.41, 5.74) is 0.270. The van der Waals surface area contributed by atoms with Crippen molar-refractivity contribution in [1.29, 1.82) is 0 Å². The SMILES string of the molecule is O=C1CCCN(C(=O)c2cc(I)ccc2O)C1. The maximum absolute atomic E-state index is 12.1. The molecule has 17 heavy (non-hydrogen) atoms. The molecule has 1 aliphatic rings. The zero-order chi connectivity index (χ0) is 12.4. The highest BCUT2D eigenvalue weighted by molar-refractivity contribution is 14.1. The number of phenolic OH excluding ortho intramolecular Hbond substituents is 1. The van der Waals surface area contributed by atoms with E-state index in [1.165, 1.54) is 11.0 Å². The summed E-state index contributed by atoms with van der Waals surface area (Å²) in [4.78, 5) is 24.9. The molecule has 0 spiro atoms. The van der Waals surface area contributed by atoms with Crippen molar-refractivity contribution in [2.45, 2.75) is 12.8 Å². The number of aromatic hydroxyl groups is 1. The molecule has 2 rings (SSSR count). The number of Topliss-reactive ketones (excluding diaryl/α,β-unsaturated/α-hetero) is 1. The molecule has 0 radical (unpaired) electrons. The quantitative estimate of drug-likeness (QED) is 0.790. The number of carbonyl (C=O) groups is 2. The Labute approximate surface area is 113 Å². The first kappa shape index (κ1) is 12.3. The number of carbonyl (C=O) groups excluding carboxylic acids is 2. The Kier molecular flexibility index (Phi) is 3.66. The van der Waals surface area contributed by atoms with Gasteiger partial charge in [-0.1, -0.05) is 0 Å². The second-order valence-electron chi connectivity index (χ2n) is 4.03. The van der Waals surface area contributed by atoms with Crippen molar-refractivity contribution in [3.05, 3.63) is 27.3 Å². The fraction of sp³-hybridized carbons (Fsp3) is 0.333. The third-order valence-electron chi connectivity index (χ3n) is 2.73. The van der Waals surface area contributed by atoms with Crippen LogP contribution in [0, 0.1) is 3.57 Å². The van der Waals surface area contributed by atoms with Gasteiger partial charge in [0.2, 0.25) is 0 Å². The predicted molar refractivity (Wildman–Crippen MR) is 71.0 cm³/mol. The number of amides is 1. The Morgan fingerprint density at radius 1 is 1.41 bits per heavy atom. The van der Waals surface area contributed by atoms with E-state index in [1.807, 2.05) is 0 Å². The van der Waals surface area contributed by atoms with Gasteiger partial charge < -0.3 is 10.0 Å². The van der Waals surface area contributed by atoms with Gasteiger partial charge in [0.25, 0.3) is 5.91 Å². The van der Waals surface area contributed by atoms with Crippen LogP contribution in [0.15, 0.2) is 18.2 Å². The molecule has 0 saturated carbocycles. The van der Waals surface area contributed by atoms with Gasteiger partial charge in [-0.15, -0.1) is 0 Å². The van der Waals surface area contributed by atoms with Gasteiger partial charge in [0, 0.05) is 16.5 Å². The molecule has 5 heteroatoms. The van der Waals surface area contributed by atoms with E-state index in [9.17, 15) is 14.7 Å². The van der Waals surface area contributed by atoms with Crippen molar-refractivity contribution in [1.82, 2.24) is 4.90 Å². The topological polar surface area (TPSA) is 57.6 Å². The molecule has 4 nitrogen and oxygen atoms in total. The second kappa shape index (κ2) is 5.03. The minimum Gasteiger partial charge on any atom is -0.507 e. The molecule has 1 aromatic rings. The molecule has 1 heterocycles. The van der Waals surface area contributed by atoms with E-state index in [-0.39, 0.29) is 29.5 Å². The normalized spacial score (nSPS) is 16.1. The van der Waals surface area contributed by atoms with Crippen LogP contribution in [0.4, 0.5) is 0 Å². The predicted octanol–water partition coefficient (Wildman–Crippen LogP) is 1.80. The molecule has 1 N–H and O–H groups in total. The largest absolute Gasteiger partial charge is 0.507 e. The second-order valence-corrected chi connectivity index (χ2v) is 5.28. The van der Waals surface area contributed by atoms with Gasteiger partial charge in [-0.05, 0) is 47.2 Å². The van der Waals surface area contributed by atoms with Gasteiger partial charge in [-0.3, -0.25) is 9.59 Å². The van der Waals surface area contributed by atoms with E-state index < -0.39 is 0 Å². The van der Waals surface area contributed by atoms with Crippen LogP contribution in [0.3, 0.4) is 0 Å². The van der Waals surface area contributed by atoms with Crippen molar-refractivity contribution < 1.29 is 14.7 Å². The third kappa shape index (κ3) is 2.77. The van der Waals surface area contributed by atoms with Gasteiger partial charge in [0.15, 0.2) is 5.78 Å². The van der Waals surface area contributed by atoms with Crippen molar-refractivity contribution in [2.75, 3.05) is 13.1 Å². The fourth-order valence-electron chi connectivity index (χ4n) is 1.86. The molecule has 1 aliphatic heterocycles. The first-order valence-corrected chi connectivity index (χ1v) is 6.45. The Morgan fingerprint density at radius 3 is 2.88 bits per heavy atom. The number of nitrogens with zero attached hydrogens (tertiary/aromatic N) is 1. The Morgan fingerprint density at radius 2 is 2.18 bits per heavy atom. The number of likely N-dealkylation sites (tertiary alicyclic amines) is 1. The van der Waals surface area contributed by atoms with Crippen LogP contribution in [0.5, 0.6) is 5.75 Å². The molecule has 0 unspecified atom stereocenters. The lowest BCUT2D eigenvalue weighted by Gasteiger charge is -2.26. The lowest BCUT2D eigenvalue weighted by atomic mass is 10.1. The molecular formula is C12H12INO3. The number of ketones is 1. The summed E-state index contributed by atoms with van der Waals surface area (Å²) in [7, 11) is 0. The number of phenols is 1. The average molecular weight is 345 g/mol. The number of piperidine rings is 1. The molecule has 90 valence electrons. The maximum atomic E-state index is 12.1. The summed E-state index contributed by atoms with van der Waals surface area (Å²) in [6.45, 7) is 0.735. The highest BCUT2D eigenvalue weighted by atomic mass is 127. The number of halogens is 1. The standard InChI is InChI=1S/C12H12INO3/c13-8-3-4-11(16)10(6-8)12(17)14-5-1-2-9(15)7-14/h3-4,6,16H,1-2,5,7H2. The van der Waals surface area contributed by atoms with Crippen LogP contribution < -0.4 is 0 Å². The van der Waals surface area contributed by atoms with Gasteiger partial charge in [0.1, 0.15) is 5.75 Å². The summed E-state index contributed by atoms with van der Waals surface area (Å²) < 4.78 is 0.882. The van der Waals surface area contributed by atoms with Gasteiger partial charge >= 0.3 is 0 Å². The van der Waals surface area contributed by atoms with E-state index >= 15 is 0 Å². The minimum atomic E-state index is -0.269. The van der Waals surface area contributed by atoms with Gasteiger partial charge in [-0.2, -0.15) is 0 Å². The summed E-state index contributed by atoms with van der Waals surface area (Å²) in [5, 5.41) is 9.67. The van der Waals surface area contributed by atoms with E-state index in [0.717, 1.165) is 3.57 Å². The average Bonchev–Trinajstić information content (AvgIpc) is 2.31. The molecule has 1 aromatic carbocycles. The van der Waals surface area contributed by atoms with Gasteiger partial charge in [-0.25, -0.2) is 0 Å². The molecule has 0 aromatic heterocycles. The molecule has 1 amide bonds. The van der Waals surface area contributed by atoms with Crippen LogP contribution in [-0.2, 0) is 4.79 Å². The Hall–Kier alpha value is -1.11. The van der Waals surface area contributed by atoms with Crippen LogP contribution in [-0.4, -0.2) is 34.8 Å². The van der Waals surface area contributed by atoms with Crippen molar-refractivity contribution in [3.63, 3.8) is 0 Å². The van der Waals surface area contributed by atoms with Crippen molar-refractivity contribution in [2.24, 2.45) is 0 Å². The molecule has 0 aliphatic carbocycles. The van der Waals surface area contributed by atoms with Crippen molar-refractivity contribution in [3.8, 4) is 5.75 Å². The highest BCUT2D eigenvalue weighted by Gasteiger charge is 2.24. The number of benzene rings is 1. The summed E-state index contributed by atoms with van der Waals surface area (Å²) >= 11 is 2.08. The summed E-state index contributed by atoms with van der Waals surface area (Å²) in [5.74, 6) is -0.225. The Bertz CT molecular complexity index is 473. The molecule has 1 fully saturated rings. The Balaban J connectivity index is 2.24. The van der Waals surface area contributed by atoms with E-state index in [2.05, 4.69) is 22.6 Å². The molecule has 0 atom stereocenters. The van der Waals surface area contributed by atoms with E-state index in [4.69, 9.17) is 0 Å². The smallest absolute Gasteiger partial charge is 0.258 e. The first-order chi connectivity index (χ1) is 8.08. The van der Waals surface area contributed by atoms with E-state index in [1.54, 1.807) is 12.1 Å². The fourth-order valence-corrected chi connectivity index (χ4v) is 2.35. The number of hydrogen-bond donors (Lipinski definition) is 1. The van der Waals surface area contributed by atoms with Crippen LogP contribution in [0.2, 0.25) is 0 Å². The third-order valence-corrected chi connectivity index (χ3v) is 3.40. The van der Waals surface area contributed by atoms with Crippen molar-refractivity contribution >= 4 is 34.3 Å². The monoisotopic (exact) mass is 345 g/mol. The molecule has 1 saturated heterocycles. The maximum Gasteiger partial charge on any atom is 0.258 e. The number of rotatable bonds is 1. The zero-order valence-electron chi connectivity index (χ0n) is 9.15. The first-order valence-electron chi connectivity index (χ1n) is 5.37. The molecular weight excluding hydrogens is 333 g/mol. The summed E-state index contributed by atoms with van der Waals surface area (Å²) in [6, 6.07) is 4.87. The van der Waals surface area contributed by atoms with Gasteiger partial charge in [0.05, 0.1) is 12.1 Å². The minimum absolute atomic E-state index is 0.0339. The van der Waals surface area contributed by atoms with E-state index in [0.29, 0.717) is 19.4 Å². The summed E-state index contributed by atoms with van der Waals surface area (Å²) in [6.07, 6.45) is 1.25. The number of hydrogen-bond acceptors (Lipinski definition) is 3. The van der Waals surface area contributed by atoms with Crippen LogP contribution in [0.1, 0.15) is 23.2 Å². The zero-order valence-corrected chi connectivity index (χ0v) is 11.3.